The maximum atomic E-state index is 12.6. The van der Waals surface area contributed by atoms with Crippen LogP contribution in [0.4, 0.5) is 0 Å². The van der Waals surface area contributed by atoms with E-state index in [2.05, 4.69) is 27.4 Å². The number of aliphatic imine (C=N–C) groups is 1. The van der Waals surface area contributed by atoms with E-state index in [-0.39, 0.29) is 23.8 Å². The van der Waals surface area contributed by atoms with E-state index in [1.54, 1.807) is 0 Å². The van der Waals surface area contributed by atoms with Crippen LogP contribution in [0.2, 0.25) is 0 Å². The topological polar surface area (TPSA) is 80.3 Å². The number of hydrogen-bond donors (Lipinski definition) is 2. The molecule has 2 aliphatic heterocycles. The molecular formula is C23H42N6O2. The van der Waals surface area contributed by atoms with Gasteiger partial charge in [-0.1, -0.05) is 26.7 Å². The van der Waals surface area contributed by atoms with Gasteiger partial charge in [-0.15, -0.1) is 0 Å². The van der Waals surface area contributed by atoms with Crippen LogP contribution in [0.25, 0.3) is 0 Å². The fourth-order valence-electron chi connectivity index (χ4n) is 4.88. The van der Waals surface area contributed by atoms with E-state index in [0.29, 0.717) is 5.91 Å². The predicted molar refractivity (Wildman–Crippen MR) is 124 cm³/mol. The van der Waals surface area contributed by atoms with Gasteiger partial charge in [-0.2, -0.15) is 0 Å². The van der Waals surface area contributed by atoms with Crippen LogP contribution >= 0.6 is 0 Å². The number of rotatable bonds is 7. The van der Waals surface area contributed by atoms with Crippen molar-refractivity contribution in [2.45, 2.75) is 58.9 Å². The van der Waals surface area contributed by atoms with Gasteiger partial charge in [0.05, 0.1) is 6.54 Å². The maximum absolute atomic E-state index is 12.6. The monoisotopic (exact) mass is 434 g/mol. The summed E-state index contributed by atoms with van der Waals surface area (Å²) < 4.78 is 0. The number of amides is 2. The van der Waals surface area contributed by atoms with Crippen molar-refractivity contribution in [1.82, 2.24) is 25.3 Å². The molecule has 2 N–H and O–H groups in total. The van der Waals surface area contributed by atoms with Crippen LogP contribution in [-0.2, 0) is 9.59 Å². The molecule has 2 amide bonds. The highest BCUT2D eigenvalue weighted by Gasteiger charge is 2.30. The molecule has 0 aromatic carbocycles. The molecule has 2 heterocycles. The van der Waals surface area contributed by atoms with E-state index in [1.807, 2.05) is 18.7 Å². The Morgan fingerprint density at radius 3 is 2.35 bits per heavy atom. The molecule has 0 aromatic heterocycles. The minimum atomic E-state index is 0.0505. The molecule has 3 fully saturated rings. The highest BCUT2D eigenvalue weighted by Crippen LogP contribution is 2.26. The smallest absolute Gasteiger partial charge is 0.225 e. The summed E-state index contributed by atoms with van der Waals surface area (Å²) in [7, 11) is 0. The zero-order valence-corrected chi connectivity index (χ0v) is 19.7. The molecule has 0 spiro atoms. The molecular weight excluding hydrogens is 392 g/mol. The second kappa shape index (κ2) is 11.7. The van der Waals surface area contributed by atoms with Crippen molar-refractivity contribution in [2.24, 2.45) is 16.8 Å². The molecule has 8 heteroatoms. The third-order valence-corrected chi connectivity index (χ3v) is 6.75. The summed E-state index contributed by atoms with van der Waals surface area (Å²) in [6, 6.07) is 0.255. The Hall–Kier alpha value is -1.83. The summed E-state index contributed by atoms with van der Waals surface area (Å²) in [6.07, 6.45) is 5.55. The Labute approximate surface area is 187 Å². The lowest BCUT2D eigenvalue weighted by molar-refractivity contribution is -0.137. The fourth-order valence-corrected chi connectivity index (χ4v) is 4.88. The van der Waals surface area contributed by atoms with E-state index in [0.717, 1.165) is 84.1 Å². The SMILES string of the molecule is CCNC(=NCCN1CCN(C(=O)C2CCCC2)CC1)NC1CCN(C(=O)C(C)C)C1. The molecule has 1 atom stereocenters. The Morgan fingerprint density at radius 2 is 1.71 bits per heavy atom. The quantitative estimate of drug-likeness (QED) is 0.464. The molecule has 0 radical (unpaired) electrons. The number of carbonyl (C=O) groups excluding carboxylic acids is 2. The number of piperazine rings is 1. The van der Waals surface area contributed by atoms with Gasteiger partial charge >= 0.3 is 0 Å². The van der Waals surface area contributed by atoms with Gasteiger partial charge in [-0.3, -0.25) is 19.5 Å². The predicted octanol–water partition coefficient (Wildman–Crippen LogP) is 1.13. The summed E-state index contributed by atoms with van der Waals surface area (Å²) in [4.78, 5) is 36.0. The minimum Gasteiger partial charge on any atom is -0.357 e. The highest BCUT2D eigenvalue weighted by atomic mass is 16.2. The molecule has 2 saturated heterocycles. The second-order valence-corrected chi connectivity index (χ2v) is 9.48. The molecule has 8 nitrogen and oxygen atoms in total. The third-order valence-electron chi connectivity index (χ3n) is 6.75. The molecule has 0 bridgehead atoms. The largest absolute Gasteiger partial charge is 0.357 e. The maximum Gasteiger partial charge on any atom is 0.225 e. The first-order valence-corrected chi connectivity index (χ1v) is 12.3. The first-order chi connectivity index (χ1) is 15.0. The lowest BCUT2D eigenvalue weighted by Crippen LogP contribution is -2.50. The molecule has 1 aliphatic carbocycles. The number of nitrogens with zero attached hydrogens (tertiary/aromatic N) is 4. The first kappa shape index (κ1) is 23.8. The van der Waals surface area contributed by atoms with Crippen LogP contribution < -0.4 is 10.6 Å². The molecule has 3 rings (SSSR count). The van der Waals surface area contributed by atoms with E-state index in [1.165, 1.54) is 12.8 Å². The van der Waals surface area contributed by atoms with Crippen LogP contribution in [0.1, 0.15) is 52.9 Å². The average molecular weight is 435 g/mol. The number of nitrogens with one attached hydrogen (secondary N) is 2. The molecule has 176 valence electrons. The van der Waals surface area contributed by atoms with Crippen LogP contribution in [0, 0.1) is 11.8 Å². The third kappa shape index (κ3) is 6.82. The first-order valence-electron chi connectivity index (χ1n) is 12.3. The molecule has 31 heavy (non-hydrogen) atoms. The van der Waals surface area contributed by atoms with Crippen LogP contribution in [0.5, 0.6) is 0 Å². The van der Waals surface area contributed by atoms with E-state index in [4.69, 9.17) is 4.99 Å². The Bertz CT molecular complexity index is 624. The molecule has 1 unspecified atom stereocenters. The zero-order valence-electron chi connectivity index (χ0n) is 19.7. The summed E-state index contributed by atoms with van der Waals surface area (Å²) >= 11 is 0. The van der Waals surface area contributed by atoms with Gasteiger partial charge in [0, 0.05) is 70.2 Å². The van der Waals surface area contributed by atoms with Gasteiger partial charge < -0.3 is 20.4 Å². The van der Waals surface area contributed by atoms with Crippen molar-refractivity contribution in [3.05, 3.63) is 0 Å². The van der Waals surface area contributed by atoms with Crippen LogP contribution in [-0.4, -0.2) is 97.4 Å². The van der Waals surface area contributed by atoms with Gasteiger partial charge in [0.2, 0.25) is 11.8 Å². The van der Waals surface area contributed by atoms with Gasteiger partial charge in [0.25, 0.3) is 0 Å². The van der Waals surface area contributed by atoms with Crippen LogP contribution in [0.15, 0.2) is 4.99 Å². The fraction of sp³-hybridized carbons (Fsp3) is 0.870. The van der Waals surface area contributed by atoms with Crippen molar-refractivity contribution in [3.8, 4) is 0 Å². The van der Waals surface area contributed by atoms with Gasteiger partial charge in [-0.25, -0.2) is 0 Å². The highest BCUT2D eigenvalue weighted by molar-refractivity contribution is 5.81. The number of carbonyl (C=O) groups is 2. The number of likely N-dealkylation sites (tertiary alicyclic amines) is 1. The summed E-state index contributed by atoms with van der Waals surface area (Å²) in [6.45, 7) is 13.6. The summed E-state index contributed by atoms with van der Waals surface area (Å²) in [5.74, 6) is 1.79. The minimum absolute atomic E-state index is 0.0505. The summed E-state index contributed by atoms with van der Waals surface area (Å²) in [5.41, 5.74) is 0. The van der Waals surface area contributed by atoms with Crippen molar-refractivity contribution in [2.75, 3.05) is 58.9 Å². The Balaban J connectivity index is 1.39. The normalized spacial score (nSPS) is 23.6. The lowest BCUT2D eigenvalue weighted by Gasteiger charge is -2.35. The van der Waals surface area contributed by atoms with Crippen molar-refractivity contribution < 1.29 is 9.59 Å². The summed E-state index contributed by atoms with van der Waals surface area (Å²) in [5, 5.41) is 6.84. The average Bonchev–Trinajstić information content (AvgIpc) is 3.46. The Kier molecular flexibility index (Phi) is 8.99. The van der Waals surface area contributed by atoms with Gasteiger partial charge in [0.15, 0.2) is 5.96 Å². The van der Waals surface area contributed by atoms with Gasteiger partial charge in [0.1, 0.15) is 0 Å². The number of guanidine groups is 1. The van der Waals surface area contributed by atoms with E-state index in [9.17, 15) is 9.59 Å². The lowest BCUT2D eigenvalue weighted by atomic mass is 10.1. The molecule has 1 saturated carbocycles. The standard InChI is InChI=1S/C23H42N6O2/c1-4-24-23(26-20-9-11-29(17-20)21(30)18(2)3)25-10-12-27-13-15-28(16-14-27)22(31)19-7-5-6-8-19/h18-20H,4-17H2,1-3H3,(H2,24,25,26). The zero-order chi connectivity index (χ0) is 22.2. The van der Waals surface area contributed by atoms with Crippen molar-refractivity contribution >= 4 is 17.8 Å². The second-order valence-electron chi connectivity index (χ2n) is 9.48. The molecule has 3 aliphatic rings. The Morgan fingerprint density at radius 1 is 1.00 bits per heavy atom. The van der Waals surface area contributed by atoms with E-state index >= 15 is 0 Å². The van der Waals surface area contributed by atoms with Gasteiger partial charge in [-0.05, 0) is 26.2 Å². The number of hydrogen-bond acceptors (Lipinski definition) is 4. The van der Waals surface area contributed by atoms with Crippen molar-refractivity contribution in [1.29, 1.82) is 0 Å². The van der Waals surface area contributed by atoms with E-state index < -0.39 is 0 Å². The molecule has 0 aromatic rings. The van der Waals surface area contributed by atoms with Crippen LogP contribution in [0.3, 0.4) is 0 Å². The van der Waals surface area contributed by atoms with Crippen molar-refractivity contribution in [3.63, 3.8) is 0 Å².